The number of hydrogen-bond donors (Lipinski definition) is 2. The summed E-state index contributed by atoms with van der Waals surface area (Å²) in [4.78, 5) is 27.9. The Morgan fingerprint density at radius 2 is 2.07 bits per heavy atom. The fourth-order valence-corrected chi connectivity index (χ4v) is 4.16. The van der Waals surface area contributed by atoms with Gasteiger partial charge in [0.1, 0.15) is 15.4 Å². The number of amides is 2. The number of thiophene rings is 1. The van der Waals surface area contributed by atoms with Crippen LogP contribution in [-0.2, 0) is 12.7 Å². The van der Waals surface area contributed by atoms with E-state index in [9.17, 15) is 22.8 Å². The second kappa shape index (κ2) is 7.17. The fourth-order valence-electron chi connectivity index (χ4n) is 2.61. The number of hydrogen-bond acceptors (Lipinski definition) is 5. The van der Waals surface area contributed by atoms with Crippen molar-refractivity contribution in [2.24, 2.45) is 5.73 Å². The molecular formula is C16H13BrF3N5O2S. The Morgan fingerprint density at radius 1 is 1.39 bits per heavy atom. The van der Waals surface area contributed by atoms with Crippen LogP contribution in [0.15, 0.2) is 16.7 Å². The van der Waals surface area contributed by atoms with Gasteiger partial charge in [0.25, 0.3) is 11.8 Å². The van der Waals surface area contributed by atoms with Gasteiger partial charge in [0.2, 0.25) is 0 Å². The molecule has 3 heterocycles. The smallest absolute Gasteiger partial charge is 0.365 e. The van der Waals surface area contributed by atoms with Gasteiger partial charge in [-0.05, 0) is 41.4 Å². The van der Waals surface area contributed by atoms with Crippen molar-refractivity contribution in [1.29, 1.82) is 0 Å². The SMILES string of the molecule is CCn1cc(Br)c(C(=O)Nc2c(C(N)=O)sc3nc(C(F)(F)F)cc(C)c23)n1. The Balaban J connectivity index is 2.13. The first kappa shape index (κ1) is 20.3. The normalized spacial score (nSPS) is 11.8. The maximum atomic E-state index is 13.0. The van der Waals surface area contributed by atoms with E-state index in [-0.39, 0.29) is 32.0 Å². The van der Waals surface area contributed by atoms with Gasteiger partial charge in [0, 0.05) is 18.1 Å². The number of nitrogens with zero attached hydrogens (tertiary/aromatic N) is 3. The number of aryl methyl sites for hydroxylation is 2. The van der Waals surface area contributed by atoms with E-state index in [0.29, 0.717) is 22.4 Å². The van der Waals surface area contributed by atoms with Crippen molar-refractivity contribution in [1.82, 2.24) is 14.8 Å². The molecule has 2 amide bonds. The third kappa shape index (κ3) is 3.61. The predicted octanol–water partition coefficient (Wildman–Crippen LogP) is 3.95. The first-order valence-electron chi connectivity index (χ1n) is 7.88. The third-order valence-corrected chi connectivity index (χ3v) is 5.55. The summed E-state index contributed by atoms with van der Waals surface area (Å²) in [6.07, 6.45) is -3.03. The van der Waals surface area contributed by atoms with Gasteiger partial charge < -0.3 is 11.1 Å². The van der Waals surface area contributed by atoms with Crippen LogP contribution in [0.4, 0.5) is 18.9 Å². The maximum absolute atomic E-state index is 13.0. The van der Waals surface area contributed by atoms with Crippen LogP contribution >= 0.6 is 27.3 Å². The lowest BCUT2D eigenvalue weighted by Crippen LogP contribution is -2.18. The van der Waals surface area contributed by atoms with Gasteiger partial charge >= 0.3 is 6.18 Å². The number of aromatic nitrogens is 3. The van der Waals surface area contributed by atoms with Gasteiger partial charge in [-0.15, -0.1) is 11.3 Å². The zero-order chi connectivity index (χ0) is 20.8. The quantitative estimate of drug-likeness (QED) is 0.595. The van der Waals surface area contributed by atoms with Crippen LogP contribution in [0.25, 0.3) is 10.2 Å². The lowest BCUT2D eigenvalue weighted by molar-refractivity contribution is -0.141. The molecule has 7 nitrogen and oxygen atoms in total. The highest BCUT2D eigenvalue weighted by Crippen LogP contribution is 2.40. The highest BCUT2D eigenvalue weighted by atomic mass is 79.9. The van der Waals surface area contributed by atoms with E-state index < -0.39 is 23.7 Å². The predicted molar refractivity (Wildman–Crippen MR) is 101 cm³/mol. The minimum absolute atomic E-state index is 0.0224. The highest BCUT2D eigenvalue weighted by Gasteiger charge is 2.34. The molecule has 0 saturated carbocycles. The molecule has 0 aliphatic rings. The number of alkyl halides is 3. The van der Waals surface area contributed by atoms with Gasteiger partial charge in [0.15, 0.2) is 5.69 Å². The summed E-state index contributed by atoms with van der Waals surface area (Å²) < 4.78 is 41.1. The monoisotopic (exact) mass is 475 g/mol. The summed E-state index contributed by atoms with van der Waals surface area (Å²) in [5.74, 6) is -1.52. The Bertz CT molecular complexity index is 1110. The summed E-state index contributed by atoms with van der Waals surface area (Å²) in [5.41, 5.74) is 4.57. The van der Waals surface area contributed by atoms with Crippen molar-refractivity contribution in [3.8, 4) is 0 Å². The molecule has 0 aliphatic carbocycles. The van der Waals surface area contributed by atoms with E-state index in [1.807, 2.05) is 6.92 Å². The number of carbonyl (C=O) groups excluding carboxylic acids is 2. The number of anilines is 1. The van der Waals surface area contributed by atoms with Gasteiger partial charge in [0.05, 0.1) is 10.2 Å². The average Bonchev–Trinajstić information content (AvgIpc) is 3.15. The lowest BCUT2D eigenvalue weighted by atomic mass is 10.1. The Kier molecular flexibility index (Phi) is 5.19. The van der Waals surface area contributed by atoms with Gasteiger partial charge in [-0.25, -0.2) is 4.98 Å². The van der Waals surface area contributed by atoms with Crippen LogP contribution in [0.5, 0.6) is 0 Å². The zero-order valence-electron chi connectivity index (χ0n) is 14.5. The van der Waals surface area contributed by atoms with Gasteiger partial charge in [-0.2, -0.15) is 18.3 Å². The lowest BCUT2D eigenvalue weighted by Gasteiger charge is -2.09. The molecule has 3 aromatic rings. The number of rotatable bonds is 4. The fraction of sp³-hybridized carbons (Fsp3) is 0.250. The molecule has 3 aromatic heterocycles. The Morgan fingerprint density at radius 3 is 2.61 bits per heavy atom. The second-order valence-corrected chi connectivity index (χ2v) is 7.66. The first-order valence-corrected chi connectivity index (χ1v) is 9.49. The maximum Gasteiger partial charge on any atom is 0.433 e. The number of halogens is 4. The van der Waals surface area contributed by atoms with E-state index in [2.05, 4.69) is 31.3 Å². The molecule has 3 N–H and O–H groups in total. The number of fused-ring (bicyclic) bond motifs is 1. The van der Waals surface area contributed by atoms with Crippen molar-refractivity contribution in [3.63, 3.8) is 0 Å². The molecule has 12 heteroatoms. The number of primary amides is 1. The largest absolute Gasteiger partial charge is 0.433 e. The van der Waals surface area contributed by atoms with E-state index in [1.165, 1.54) is 11.6 Å². The number of pyridine rings is 1. The Hall–Kier alpha value is -2.47. The van der Waals surface area contributed by atoms with E-state index in [4.69, 9.17) is 5.73 Å². The molecule has 0 fully saturated rings. The summed E-state index contributed by atoms with van der Waals surface area (Å²) in [6, 6.07) is 0.858. The Labute approximate surface area is 168 Å². The van der Waals surface area contributed by atoms with E-state index in [1.54, 1.807) is 6.20 Å². The zero-order valence-corrected chi connectivity index (χ0v) is 16.9. The van der Waals surface area contributed by atoms with Crippen molar-refractivity contribution < 1.29 is 22.8 Å². The molecule has 0 radical (unpaired) electrons. The highest BCUT2D eigenvalue weighted by molar-refractivity contribution is 9.10. The third-order valence-electron chi connectivity index (χ3n) is 3.87. The molecular weight excluding hydrogens is 463 g/mol. The van der Waals surface area contributed by atoms with Crippen molar-refractivity contribution in [3.05, 3.63) is 38.6 Å². The van der Waals surface area contributed by atoms with E-state index >= 15 is 0 Å². The summed E-state index contributed by atoms with van der Waals surface area (Å²) >= 11 is 3.92. The van der Waals surface area contributed by atoms with Crippen LogP contribution in [0.2, 0.25) is 0 Å². The molecule has 28 heavy (non-hydrogen) atoms. The molecule has 0 saturated heterocycles. The van der Waals surface area contributed by atoms with Crippen molar-refractivity contribution >= 4 is 55.0 Å². The standard InChI is InChI=1S/C16H13BrF3N5O2S/c1-3-25-5-7(17)10(24-25)14(27)23-11-9-6(2)4-8(16(18,19)20)22-15(9)28-12(11)13(21)26/h4-5H,3H2,1-2H3,(H2,21,26)(H,23,27). The first-order chi connectivity index (χ1) is 13.0. The molecule has 0 spiro atoms. The van der Waals surface area contributed by atoms with Crippen LogP contribution in [0.1, 0.15) is 38.3 Å². The molecule has 3 rings (SSSR count). The van der Waals surface area contributed by atoms with Crippen LogP contribution < -0.4 is 11.1 Å². The summed E-state index contributed by atoms with van der Waals surface area (Å²) in [7, 11) is 0. The number of nitrogens with two attached hydrogens (primary N) is 1. The number of carbonyl (C=O) groups is 2. The van der Waals surface area contributed by atoms with Crippen molar-refractivity contribution in [2.75, 3.05) is 5.32 Å². The minimum atomic E-state index is -4.64. The topological polar surface area (TPSA) is 103 Å². The second-order valence-electron chi connectivity index (χ2n) is 5.81. The molecule has 0 aromatic carbocycles. The molecule has 0 bridgehead atoms. The molecule has 148 valence electrons. The summed E-state index contributed by atoms with van der Waals surface area (Å²) in [5, 5.41) is 6.89. The molecule has 0 unspecified atom stereocenters. The van der Waals surface area contributed by atoms with Crippen molar-refractivity contribution in [2.45, 2.75) is 26.6 Å². The van der Waals surface area contributed by atoms with Crippen LogP contribution in [0, 0.1) is 6.92 Å². The van der Waals surface area contributed by atoms with Gasteiger partial charge in [-0.3, -0.25) is 14.3 Å². The molecule has 0 aliphatic heterocycles. The number of nitrogens with one attached hydrogen (secondary N) is 1. The minimum Gasteiger partial charge on any atom is -0.365 e. The van der Waals surface area contributed by atoms with Crippen LogP contribution in [0.3, 0.4) is 0 Å². The van der Waals surface area contributed by atoms with Crippen LogP contribution in [-0.4, -0.2) is 26.6 Å². The average molecular weight is 476 g/mol. The molecule has 0 atom stereocenters. The summed E-state index contributed by atoms with van der Waals surface area (Å²) in [6.45, 7) is 3.81. The van der Waals surface area contributed by atoms with Gasteiger partial charge in [-0.1, -0.05) is 0 Å². The van der Waals surface area contributed by atoms with E-state index in [0.717, 1.165) is 6.07 Å².